The molecule has 0 fully saturated rings. The molecule has 126 valence electrons. The maximum absolute atomic E-state index is 12.9. The van der Waals surface area contributed by atoms with Crippen molar-refractivity contribution in [3.05, 3.63) is 22.6 Å². The first kappa shape index (κ1) is 18.9. The lowest BCUT2D eigenvalue weighted by Crippen LogP contribution is -2.29. The summed E-state index contributed by atoms with van der Waals surface area (Å²) in [6.07, 6.45) is -0.864. The first-order chi connectivity index (χ1) is 10.1. The minimum atomic E-state index is -0.864. The molecule has 0 aliphatic carbocycles. The Morgan fingerprint density at radius 2 is 1.64 bits per heavy atom. The van der Waals surface area contributed by atoms with Gasteiger partial charge in [0.1, 0.15) is 11.5 Å². The Hall–Kier alpha value is -1.13. The molecule has 1 aromatic heterocycles. The molecule has 0 aliphatic heterocycles. The first-order valence-electron chi connectivity index (χ1n) is 8.06. The van der Waals surface area contributed by atoms with Gasteiger partial charge >= 0.3 is 0 Å². The summed E-state index contributed by atoms with van der Waals surface area (Å²) in [6, 6.07) is 0. The Morgan fingerprint density at radius 1 is 1.14 bits per heavy atom. The van der Waals surface area contributed by atoms with E-state index in [1.54, 1.807) is 0 Å². The normalized spacial score (nSPS) is 12.5. The van der Waals surface area contributed by atoms with Gasteiger partial charge in [-0.1, -0.05) is 34.6 Å². The van der Waals surface area contributed by atoms with Crippen LogP contribution in [0.25, 0.3) is 0 Å². The molecule has 0 amide bonds. The van der Waals surface area contributed by atoms with Crippen LogP contribution in [0.5, 0.6) is 0 Å². The van der Waals surface area contributed by atoms with Gasteiger partial charge in [-0.25, -0.2) is 0 Å². The van der Waals surface area contributed by atoms with Gasteiger partial charge in [0.05, 0.1) is 5.56 Å². The number of ether oxygens (including phenoxy) is 2. The molecule has 0 unspecified atom stereocenters. The highest BCUT2D eigenvalue weighted by Gasteiger charge is 2.33. The van der Waals surface area contributed by atoms with Crippen molar-refractivity contribution in [2.75, 3.05) is 13.2 Å². The zero-order chi connectivity index (χ0) is 17.1. The second-order valence-corrected chi connectivity index (χ2v) is 6.81. The predicted octanol–water partition coefficient (Wildman–Crippen LogP) is 4.59. The highest BCUT2D eigenvalue weighted by atomic mass is 16.7. The largest absolute Gasteiger partial charge is 0.464 e. The van der Waals surface area contributed by atoms with Crippen molar-refractivity contribution in [1.82, 2.24) is 0 Å². The monoisotopic (exact) mass is 310 g/mol. The fraction of sp³-hybridized carbons (Fsp3) is 0.722. The van der Waals surface area contributed by atoms with E-state index in [-0.39, 0.29) is 17.1 Å². The number of ketones is 1. The SMILES string of the molecule is CCOC(OCC)C(=O)c1c(C(C)C)oc(C(C)(C)C)c1C. The first-order valence-corrected chi connectivity index (χ1v) is 8.06. The van der Waals surface area contributed by atoms with Gasteiger partial charge in [-0.05, 0) is 20.8 Å². The quantitative estimate of drug-likeness (QED) is 0.546. The van der Waals surface area contributed by atoms with Crippen molar-refractivity contribution in [2.24, 2.45) is 0 Å². The molecule has 0 spiro atoms. The van der Waals surface area contributed by atoms with Gasteiger partial charge in [0.15, 0.2) is 0 Å². The minimum Gasteiger partial charge on any atom is -0.464 e. The molecular weight excluding hydrogens is 280 g/mol. The summed E-state index contributed by atoms with van der Waals surface area (Å²) in [5, 5.41) is 0. The third-order valence-electron chi connectivity index (χ3n) is 3.48. The van der Waals surface area contributed by atoms with Gasteiger partial charge in [0.2, 0.25) is 12.1 Å². The van der Waals surface area contributed by atoms with E-state index in [0.29, 0.717) is 18.8 Å². The third kappa shape index (κ3) is 3.99. The topological polar surface area (TPSA) is 48.7 Å². The molecule has 1 rings (SSSR count). The number of furan rings is 1. The number of carbonyl (C=O) groups excluding carboxylic acids is 1. The fourth-order valence-electron chi connectivity index (χ4n) is 2.58. The molecule has 0 aromatic carbocycles. The van der Waals surface area contributed by atoms with Gasteiger partial charge in [0.25, 0.3) is 0 Å². The molecule has 4 heteroatoms. The number of rotatable bonds is 7. The molecule has 0 bridgehead atoms. The van der Waals surface area contributed by atoms with Gasteiger partial charge in [-0.2, -0.15) is 0 Å². The molecule has 0 radical (unpaired) electrons. The summed E-state index contributed by atoms with van der Waals surface area (Å²) in [5.74, 6) is 1.55. The van der Waals surface area contributed by atoms with E-state index in [2.05, 4.69) is 20.8 Å². The van der Waals surface area contributed by atoms with E-state index in [0.717, 1.165) is 17.1 Å². The van der Waals surface area contributed by atoms with E-state index in [4.69, 9.17) is 13.9 Å². The molecular formula is C18H30O4. The van der Waals surface area contributed by atoms with Gasteiger partial charge in [-0.3, -0.25) is 4.79 Å². The average Bonchev–Trinajstić information content (AvgIpc) is 2.75. The fourth-order valence-corrected chi connectivity index (χ4v) is 2.58. The summed E-state index contributed by atoms with van der Waals surface area (Å²) in [7, 11) is 0. The zero-order valence-electron chi connectivity index (χ0n) is 15.2. The van der Waals surface area contributed by atoms with Crippen LogP contribution in [-0.2, 0) is 14.9 Å². The zero-order valence-corrected chi connectivity index (χ0v) is 15.2. The molecule has 0 atom stereocenters. The Kier molecular flexibility index (Phi) is 6.38. The molecule has 1 aromatic rings. The van der Waals surface area contributed by atoms with Crippen LogP contribution in [0.4, 0.5) is 0 Å². The molecule has 0 aliphatic rings. The maximum Gasteiger partial charge on any atom is 0.222 e. The van der Waals surface area contributed by atoms with Gasteiger partial charge in [-0.15, -0.1) is 0 Å². The Morgan fingerprint density at radius 3 is 2.00 bits per heavy atom. The van der Waals surface area contributed by atoms with Gasteiger partial charge in [0, 0.05) is 30.1 Å². The third-order valence-corrected chi connectivity index (χ3v) is 3.48. The van der Waals surface area contributed by atoms with Crippen LogP contribution >= 0.6 is 0 Å². The smallest absolute Gasteiger partial charge is 0.222 e. The number of hydrogen-bond acceptors (Lipinski definition) is 4. The molecule has 22 heavy (non-hydrogen) atoms. The highest BCUT2D eigenvalue weighted by Crippen LogP contribution is 2.36. The van der Waals surface area contributed by atoms with Crippen LogP contribution in [-0.4, -0.2) is 25.3 Å². The van der Waals surface area contributed by atoms with E-state index >= 15 is 0 Å². The summed E-state index contributed by atoms with van der Waals surface area (Å²) < 4.78 is 17.0. The summed E-state index contributed by atoms with van der Waals surface area (Å²) >= 11 is 0. The summed E-state index contributed by atoms with van der Waals surface area (Å²) in [4.78, 5) is 12.9. The molecule has 0 saturated heterocycles. The summed E-state index contributed by atoms with van der Waals surface area (Å²) in [5.41, 5.74) is 1.36. The number of Topliss-reactive ketones (excluding diaryl/α,β-unsaturated/α-hetero) is 1. The van der Waals surface area contributed by atoms with Crippen molar-refractivity contribution in [1.29, 1.82) is 0 Å². The lowest BCUT2D eigenvalue weighted by molar-refractivity contribution is -0.107. The van der Waals surface area contributed by atoms with E-state index in [1.807, 2.05) is 34.6 Å². The molecule has 0 N–H and O–H groups in total. The Labute approximate surface area is 134 Å². The molecule has 0 saturated carbocycles. The molecule has 4 nitrogen and oxygen atoms in total. The van der Waals surface area contributed by atoms with Crippen LogP contribution in [0, 0.1) is 6.92 Å². The second-order valence-electron chi connectivity index (χ2n) is 6.81. The van der Waals surface area contributed by atoms with Crippen LogP contribution in [0.3, 0.4) is 0 Å². The predicted molar refractivity (Wildman–Crippen MR) is 87.6 cm³/mol. The maximum atomic E-state index is 12.9. The Bertz CT molecular complexity index is 500. The standard InChI is InChI=1S/C18H30O4/c1-9-20-17(21-10-2)14(19)13-12(5)16(18(6,7)8)22-15(13)11(3)4/h11,17H,9-10H2,1-8H3. The van der Waals surface area contributed by atoms with Crippen LogP contribution in [0.15, 0.2) is 4.42 Å². The molecule has 1 heterocycles. The summed E-state index contributed by atoms with van der Waals surface area (Å²) in [6.45, 7) is 16.8. The lowest BCUT2D eigenvalue weighted by Gasteiger charge is -2.17. The van der Waals surface area contributed by atoms with Crippen molar-refractivity contribution in [3.8, 4) is 0 Å². The van der Waals surface area contributed by atoms with Crippen molar-refractivity contribution in [2.45, 2.75) is 73.0 Å². The highest BCUT2D eigenvalue weighted by molar-refractivity contribution is 6.01. The van der Waals surface area contributed by atoms with E-state index in [1.165, 1.54) is 0 Å². The van der Waals surface area contributed by atoms with Crippen molar-refractivity contribution >= 4 is 5.78 Å². The van der Waals surface area contributed by atoms with Crippen molar-refractivity contribution < 1.29 is 18.7 Å². The number of hydrogen-bond donors (Lipinski definition) is 0. The van der Waals surface area contributed by atoms with Crippen LogP contribution in [0.1, 0.15) is 81.8 Å². The van der Waals surface area contributed by atoms with Gasteiger partial charge < -0.3 is 13.9 Å². The van der Waals surface area contributed by atoms with Crippen LogP contribution in [0.2, 0.25) is 0 Å². The number of carbonyl (C=O) groups is 1. The lowest BCUT2D eigenvalue weighted by atomic mass is 9.88. The van der Waals surface area contributed by atoms with E-state index in [9.17, 15) is 4.79 Å². The second kappa shape index (κ2) is 7.42. The van der Waals surface area contributed by atoms with Crippen molar-refractivity contribution in [3.63, 3.8) is 0 Å². The van der Waals surface area contributed by atoms with Crippen LogP contribution < -0.4 is 0 Å². The Balaban J connectivity index is 3.37. The van der Waals surface area contributed by atoms with E-state index < -0.39 is 6.29 Å². The minimum absolute atomic E-state index is 0.123. The average molecular weight is 310 g/mol.